The van der Waals surface area contributed by atoms with Crippen molar-refractivity contribution in [1.82, 2.24) is 5.32 Å². The first-order valence-corrected chi connectivity index (χ1v) is 8.85. The van der Waals surface area contributed by atoms with Crippen molar-refractivity contribution in [2.24, 2.45) is 0 Å². The number of para-hydroxylation sites is 1. The average Bonchev–Trinajstić information content (AvgIpc) is 3.11. The molecule has 0 unspecified atom stereocenters. The van der Waals surface area contributed by atoms with Crippen LogP contribution in [0.3, 0.4) is 0 Å². The van der Waals surface area contributed by atoms with Crippen LogP contribution in [0.5, 0.6) is 0 Å². The standard InChI is InChI=1S/C19H24N2OS/c1-14-17(13-22-3)20-16(19-10-7-11-23-19)12-18(14)21(2)15-8-5-4-6-9-15/h4-11,16-17,20H,12-13H2,1-3H3/t16-,17-/m1/s1. The molecule has 1 N–H and O–H groups in total. The molecular formula is C19H24N2OS. The van der Waals surface area contributed by atoms with E-state index in [1.165, 1.54) is 21.8 Å². The van der Waals surface area contributed by atoms with E-state index in [9.17, 15) is 0 Å². The maximum absolute atomic E-state index is 5.44. The van der Waals surface area contributed by atoms with E-state index >= 15 is 0 Å². The maximum Gasteiger partial charge on any atom is 0.0655 e. The van der Waals surface area contributed by atoms with Crippen molar-refractivity contribution in [2.75, 3.05) is 25.7 Å². The molecule has 1 aliphatic rings. The number of nitrogens with zero attached hydrogens (tertiary/aromatic N) is 1. The fourth-order valence-electron chi connectivity index (χ4n) is 3.20. The zero-order chi connectivity index (χ0) is 16.2. The highest BCUT2D eigenvalue weighted by Crippen LogP contribution is 2.35. The van der Waals surface area contributed by atoms with Crippen molar-refractivity contribution < 1.29 is 4.74 Å². The Morgan fingerprint density at radius 3 is 2.65 bits per heavy atom. The van der Waals surface area contributed by atoms with Gasteiger partial charge in [-0.1, -0.05) is 24.3 Å². The smallest absolute Gasteiger partial charge is 0.0655 e. The Balaban J connectivity index is 1.92. The molecule has 0 radical (unpaired) electrons. The summed E-state index contributed by atoms with van der Waals surface area (Å²) in [6.07, 6.45) is 0.998. The summed E-state index contributed by atoms with van der Waals surface area (Å²) in [6, 6.07) is 15.5. The minimum atomic E-state index is 0.252. The topological polar surface area (TPSA) is 24.5 Å². The molecule has 2 atom stereocenters. The minimum absolute atomic E-state index is 0.252. The molecule has 122 valence electrons. The molecule has 1 aromatic carbocycles. The van der Waals surface area contributed by atoms with Gasteiger partial charge >= 0.3 is 0 Å². The van der Waals surface area contributed by atoms with Crippen molar-refractivity contribution in [3.05, 3.63) is 64.0 Å². The number of hydrogen-bond donors (Lipinski definition) is 1. The highest BCUT2D eigenvalue weighted by atomic mass is 32.1. The lowest BCUT2D eigenvalue weighted by Gasteiger charge is -2.37. The van der Waals surface area contributed by atoms with Gasteiger partial charge in [-0.2, -0.15) is 0 Å². The number of nitrogens with one attached hydrogen (secondary N) is 1. The van der Waals surface area contributed by atoms with E-state index in [4.69, 9.17) is 4.74 Å². The van der Waals surface area contributed by atoms with Crippen LogP contribution >= 0.6 is 11.3 Å². The summed E-state index contributed by atoms with van der Waals surface area (Å²) in [4.78, 5) is 3.71. The van der Waals surface area contributed by atoms with Gasteiger partial charge in [-0.15, -0.1) is 11.3 Å². The highest BCUT2D eigenvalue weighted by molar-refractivity contribution is 7.10. The minimum Gasteiger partial charge on any atom is -0.383 e. The molecule has 23 heavy (non-hydrogen) atoms. The lowest BCUT2D eigenvalue weighted by Crippen LogP contribution is -2.43. The Hall–Kier alpha value is -1.62. The number of hydrogen-bond acceptors (Lipinski definition) is 4. The summed E-state index contributed by atoms with van der Waals surface area (Å²) < 4.78 is 5.44. The number of rotatable bonds is 5. The normalized spacial score (nSPS) is 21.5. The second-order valence-electron chi connectivity index (χ2n) is 5.97. The van der Waals surface area contributed by atoms with Crippen LogP contribution in [0.2, 0.25) is 0 Å². The Morgan fingerprint density at radius 1 is 1.22 bits per heavy atom. The second kappa shape index (κ2) is 7.30. The van der Waals surface area contributed by atoms with E-state index in [2.05, 4.69) is 72.0 Å². The summed E-state index contributed by atoms with van der Waals surface area (Å²) in [5.41, 5.74) is 3.98. The first-order chi connectivity index (χ1) is 11.2. The Labute approximate surface area is 142 Å². The molecule has 0 saturated heterocycles. The molecule has 0 spiro atoms. The molecule has 3 nitrogen and oxygen atoms in total. The first-order valence-electron chi connectivity index (χ1n) is 7.97. The van der Waals surface area contributed by atoms with Crippen molar-refractivity contribution >= 4 is 17.0 Å². The van der Waals surface area contributed by atoms with Crippen LogP contribution in [-0.4, -0.2) is 26.8 Å². The Kier molecular flexibility index (Phi) is 5.16. The van der Waals surface area contributed by atoms with Crippen molar-refractivity contribution in [2.45, 2.75) is 25.4 Å². The van der Waals surface area contributed by atoms with E-state index in [1.54, 1.807) is 7.11 Å². The molecule has 1 aliphatic heterocycles. The molecule has 4 heteroatoms. The van der Waals surface area contributed by atoms with Gasteiger partial charge in [0.15, 0.2) is 0 Å². The summed E-state index contributed by atoms with van der Waals surface area (Å²) in [5.74, 6) is 0. The van der Waals surface area contributed by atoms with Crippen molar-refractivity contribution in [1.29, 1.82) is 0 Å². The van der Waals surface area contributed by atoms with Crippen LogP contribution in [0.15, 0.2) is 59.1 Å². The van der Waals surface area contributed by atoms with Gasteiger partial charge in [0.05, 0.1) is 12.6 Å². The van der Waals surface area contributed by atoms with Gasteiger partial charge < -0.3 is 15.0 Å². The summed E-state index contributed by atoms with van der Waals surface area (Å²) >= 11 is 1.82. The van der Waals surface area contributed by atoms with Crippen molar-refractivity contribution in [3.63, 3.8) is 0 Å². The van der Waals surface area contributed by atoms with Gasteiger partial charge in [-0.3, -0.25) is 0 Å². The Bertz CT molecular complexity index is 651. The van der Waals surface area contributed by atoms with Crippen LogP contribution < -0.4 is 10.2 Å². The van der Waals surface area contributed by atoms with Gasteiger partial charge in [-0.25, -0.2) is 0 Å². The molecule has 0 saturated carbocycles. The number of ether oxygens (including phenoxy) is 1. The summed E-state index contributed by atoms with van der Waals surface area (Å²) in [5, 5.41) is 5.89. The zero-order valence-electron chi connectivity index (χ0n) is 14.0. The molecule has 0 amide bonds. The number of thiophene rings is 1. The van der Waals surface area contributed by atoms with E-state index in [0.717, 1.165) is 6.42 Å². The third-order valence-electron chi connectivity index (χ3n) is 4.55. The molecule has 0 fully saturated rings. The van der Waals surface area contributed by atoms with Crippen LogP contribution in [0, 0.1) is 0 Å². The predicted octanol–water partition coefficient (Wildman–Crippen LogP) is 4.21. The first kappa shape index (κ1) is 16.2. The van der Waals surface area contributed by atoms with Crippen LogP contribution in [0.25, 0.3) is 0 Å². The third-order valence-corrected chi connectivity index (χ3v) is 5.53. The lowest BCUT2D eigenvalue weighted by molar-refractivity contribution is 0.168. The largest absolute Gasteiger partial charge is 0.383 e. The predicted molar refractivity (Wildman–Crippen MR) is 98.0 cm³/mol. The summed E-state index contributed by atoms with van der Waals surface area (Å²) in [7, 11) is 3.93. The zero-order valence-corrected chi connectivity index (χ0v) is 14.8. The number of benzene rings is 1. The molecule has 0 aliphatic carbocycles. The SMILES string of the molecule is COC[C@H]1N[C@@H](c2cccs2)CC(N(C)c2ccccc2)=C1C. The van der Waals surface area contributed by atoms with E-state index < -0.39 is 0 Å². The van der Waals surface area contributed by atoms with Gasteiger partial charge in [0.2, 0.25) is 0 Å². The van der Waals surface area contributed by atoms with E-state index in [-0.39, 0.29) is 6.04 Å². The van der Waals surface area contributed by atoms with Gasteiger partial charge in [0.1, 0.15) is 0 Å². The quantitative estimate of drug-likeness (QED) is 0.890. The molecule has 1 aromatic heterocycles. The van der Waals surface area contributed by atoms with E-state index in [1.807, 2.05) is 11.3 Å². The van der Waals surface area contributed by atoms with Gasteiger partial charge in [0, 0.05) is 42.9 Å². The number of methoxy groups -OCH3 is 1. The number of anilines is 1. The fraction of sp³-hybridized carbons (Fsp3) is 0.368. The molecule has 2 aromatic rings. The van der Waals surface area contributed by atoms with Gasteiger partial charge in [0.25, 0.3) is 0 Å². The summed E-state index contributed by atoms with van der Waals surface area (Å²) in [6.45, 7) is 2.91. The maximum atomic E-state index is 5.44. The Morgan fingerprint density at radius 2 is 2.00 bits per heavy atom. The molecule has 3 rings (SSSR count). The lowest BCUT2D eigenvalue weighted by atomic mass is 9.94. The monoisotopic (exact) mass is 328 g/mol. The molecule has 0 bridgehead atoms. The van der Waals surface area contributed by atoms with Crippen molar-refractivity contribution in [3.8, 4) is 0 Å². The fourth-order valence-corrected chi connectivity index (χ4v) is 3.99. The van der Waals surface area contributed by atoms with Crippen LogP contribution in [-0.2, 0) is 4.74 Å². The molecule has 2 heterocycles. The average molecular weight is 328 g/mol. The second-order valence-corrected chi connectivity index (χ2v) is 6.95. The third kappa shape index (κ3) is 3.50. The van der Waals surface area contributed by atoms with Gasteiger partial charge in [-0.05, 0) is 36.1 Å². The molecular weight excluding hydrogens is 304 g/mol. The highest BCUT2D eigenvalue weighted by Gasteiger charge is 2.29. The van der Waals surface area contributed by atoms with Crippen LogP contribution in [0.4, 0.5) is 5.69 Å². The van der Waals surface area contributed by atoms with E-state index in [0.29, 0.717) is 12.6 Å². The van der Waals surface area contributed by atoms with Crippen LogP contribution in [0.1, 0.15) is 24.3 Å².